The number of rotatable bonds is 2. The lowest BCUT2D eigenvalue weighted by Crippen LogP contribution is -2.58. The molecule has 0 unspecified atom stereocenters. The minimum atomic E-state index is -0.674. The van der Waals surface area contributed by atoms with Crippen LogP contribution in [0.2, 0.25) is 5.02 Å². The summed E-state index contributed by atoms with van der Waals surface area (Å²) in [7, 11) is 0. The van der Waals surface area contributed by atoms with Crippen molar-refractivity contribution in [3.8, 4) is 0 Å². The predicted molar refractivity (Wildman–Crippen MR) is 86.7 cm³/mol. The number of barbiturate groups is 1. The van der Waals surface area contributed by atoms with Crippen LogP contribution in [0.4, 0.5) is 4.79 Å². The lowest BCUT2D eigenvalue weighted by molar-refractivity contribution is -0.132. The van der Waals surface area contributed by atoms with E-state index in [2.05, 4.69) is 5.32 Å². The molecule has 1 aromatic carbocycles. The number of benzene rings is 1. The highest BCUT2D eigenvalue weighted by molar-refractivity contribution is 6.34. The zero-order valence-corrected chi connectivity index (χ0v) is 13.3. The third kappa shape index (κ3) is 3.15. The van der Waals surface area contributed by atoms with Crippen LogP contribution in [0.3, 0.4) is 0 Å². The number of carbonyl (C=O) groups is 3. The quantitative estimate of drug-likeness (QED) is 0.668. The minimum absolute atomic E-state index is 0.0525. The molecule has 1 aromatic rings. The Balaban J connectivity index is 1.93. The highest BCUT2D eigenvalue weighted by Crippen LogP contribution is 2.27. The van der Waals surface area contributed by atoms with Crippen molar-refractivity contribution in [1.82, 2.24) is 10.2 Å². The molecule has 2 aliphatic rings. The maximum atomic E-state index is 12.7. The van der Waals surface area contributed by atoms with Crippen LogP contribution in [0.5, 0.6) is 0 Å². The van der Waals surface area contributed by atoms with Gasteiger partial charge in [-0.1, -0.05) is 49.1 Å². The van der Waals surface area contributed by atoms with E-state index in [-0.39, 0.29) is 11.6 Å². The first-order valence-corrected chi connectivity index (χ1v) is 8.11. The number of hydrogen-bond acceptors (Lipinski definition) is 3. The summed E-state index contributed by atoms with van der Waals surface area (Å²) in [4.78, 5) is 38.1. The summed E-state index contributed by atoms with van der Waals surface area (Å²) in [5.74, 6) is -1.21. The number of nitrogens with one attached hydrogen (secondary N) is 1. The van der Waals surface area contributed by atoms with E-state index in [0.29, 0.717) is 10.6 Å². The molecular weight excluding hydrogens is 316 g/mol. The van der Waals surface area contributed by atoms with Gasteiger partial charge < -0.3 is 0 Å². The van der Waals surface area contributed by atoms with Crippen molar-refractivity contribution in [2.24, 2.45) is 0 Å². The fourth-order valence-corrected chi connectivity index (χ4v) is 3.28. The van der Waals surface area contributed by atoms with Gasteiger partial charge in [0.15, 0.2) is 0 Å². The number of imide groups is 2. The molecule has 0 aromatic heterocycles. The Bertz CT molecular complexity index is 693. The van der Waals surface area contributed by atoms with Gasteiger partial charge in [0.1, 0.15) is 5.57 Å². The van der Waals surface area contributed by atoms with E-state index in [1.165, 1.54) is 11.0 Å². The van der Waals surface area contributed by atoms with Crippen molar-refractivity contribution in [2.45, 2.75) is 38.1 Å². The summed E-state index contributed by atoms with van der Waals surface area (Å²) >= 11 is 6.08. The Kier molecular flexibility index (Phi) is 4.48. The average Bonchev–Trinajstić information content (AvgIpc) is 2.54. The van der Waals surface area contributed by atoms with Gasteiger partial charge in [0, 0.05) is 11.1 Å². The molecule has 1 N–H and O–H groups in total. The molecule has 2 fully saturated rings. The molecule has 1 aliphatic carbocycles. The molecule has 6 heteroatoms. The molecule has 0 radical (unpaired) electrons. The molecule has 0 atom stereocenters. The van der Waals surface area contributed by atoms with Crippen LogP contribution >= 0.6 is 11.6 Å². The molecule has 23 heavy (non-hydrogen) atoms. The topological polar surface area (TPSA) is 66.5 Å². The van der Waals surface area contributed by atoms with E-state index in [1.54, 1.807) is 24.3 Å². The van der Waals surface area contributed by atoms with Crippen LogP contribution in [-0.4, -0.2) is 28.8 Å². The van der Waals surface area contributed by atoms with Gasteiger partial charge in [-0.15, -0.1) is 0 Å². The Labute approximate surface area is 139 Å². The number of urea groups is 1. The number of halogens is 1. The van der Waals surface area contributed by atoms with Crippen LogP contribution in [0.25, 0.3) is 6.08 Å². The first-order valence-electron chi connectivity index (χ1n) is 7.73. The van der Waals surface area contributed by atoms with Gasteiger partial charge in [-0.2, -0.15) is 0 Å². The molecule has 1 aliphatic heterocycles. The molecule has 1 saturated heterocycles. The van der Waals surface area contributed by atoms with Gasteiger partial charge in [-0.3, -0.25) is 19.8 Å². The van der Waals surface area contributed by atoms with Crippen molar-refractivity contribution in [3.05, 3.63) is 40.4 Å². The number of amides is 4. The Hall–Kier alpha value is -2.14. The summed E-state index contributed by atoms with van der Waals surface area (Å²) in [5, 5.41) is 2.71. The second kappa shape index (κ2) is 6.54. The first kappa shape index (κ1) is 15.7. The van der Waals surface area contributed by atoms with Crippen LogP contribution in [0.15, 0.2) is 29.8 Å². The summed E-state index contributed by atoms with van der Waals surface area (Å²) in [6.45, 7) is 0. The second-order valence-electron chi connectivity index (χ2n) is 5.81. The Morgan fingerprint density at radius 2 is 1.78 bits per heavy atom. The van der Waals surface area contributed by atoms with E-state index in [0.717, 1.165) is 32.1 Å². The molecule has 4 amide bonds. The fourth-order valence-electron chi connectivity index (χ4n) is 3.09. The minimum Gasteiger partial charge on any atom is -0.273 e. The molecule has 3 rings (SSSR count). The van der Waals surface area contributed by atoms with Crippen molar-refractivity contribution in [2.75, 3.05) is 0 Å². The third-order valence-corrected chi connectivity index (χ3v) is 4.62. The molecule has 120 valence electrons. The van der Waals surface area contributed by atoms with E-state index in [1.807, 2.05) is 0 Å². The number of hydrogen-bond donors (Lipinski definition) is 1. The molecule has 0 bridgehead atoms. The van der Waals surface area contributed by atoms with Gasteiger partial charge in [0.2, 0.25) is 0 Å². The van der Waals surface area contributed by atoms with Gasteiger partial charge >= 0.3 is 6.03 Å². The Morgan fingerprint density at radius 3 is 2.48 bits per heavy atom. The standard InChI is InChI=1S/C17H17ClN2O3/c18-14-9-5-4-6-11(14)10-13-15(21)19-17(23)20(16(13)22)12-7-2-1-3-8-12/h4-6,9-10,12H,1-3,7-8H2,(H,19,21,23)/b13-10+. The van der Waals surface area contributed by atoms with Crippen molar-refractivity contribution in [3.63, 3.8) is 0 Å². The summed E-state index contributed by atoms with van der Waals surface area (Å²) < 4.78 is 0. The first-order chi connectivity index (χ1) is 11.1. The average molecular weight is 333 g/mol. The van der Waals surface area contributed by atoms with Gasteiger partial charge in [-0.05, 0) is 30.5 Å². The van der Waals surface area contributed by atoms with Crippen LogP contribution in [-0.2, 0) is 9.59 Å². The zero-order valence-electron chi connectivity index (χ0n) is 12.5. The smallest absolute Gasteiger partial charge is 0.273 e. The van der Waals surface area contributed by atoms with Crippen LogP contribution in [0, 0.1) is 0 Å². The van der Waals surface area contributed by atoms with Crippen molar-refractivity contribution < 1.29 is 14.4 Å². The number of nitrogens with zero attached hydrogens (tertiary/aromatic N) is 1. The van der Waals surface area contributed by atoms with E-state index < -0.39 is 17.8 Å². The fraction of sp³-hybridized carbons (Fsp3) is 0.353. The van der Waals surface area contributed by atoms with E-state index in [4.69, 9.17) is 11.6 Å². The Morgan fingerprint density at radius 1 is 1.09 bits per heavy atom. The predicted octanol–water partition coefficient (Wildman–Crippen LogP) is 3.13. The third-order valence-electron chi connectivity index (χ3n) is 4.28. The van der Waals surface area contributed by atoms with Gasteiger partial charge in [0.25, 0.3) is 11.8 Å². The maximum absolute atomic E-state index is 12.7. The largest absolute Gasteiger partial charge is 0.331 e. The molecule has 1 saturated carbocycles. The highest BCUT2D eigenvalue weighted by Gasteiger charge is 2.40. The normalized spacial score (nSPS) is 21.7. The summed E-state index contributed by atoms with van der Waals surface area (Å²) in [6.07, 6.45) is 6.10. The number of carbonyl (C=O) groups excluding carboxylic acids is 3. The van der Waals surface area contributed by atoms with Crippen LogP contribution < -0.4 is 5.32 Å². The summed E-state index contributed by atoms with van der Waals surface area (Å²) in [6, 6.07) is 6.18. The maximum Gasteiger partial charge on any atom is 0.331 e. The molecule has 1 heterocycles. The van der Waals surface area contributed by atoms with Gasteiger partial charge in [0.05, 0.1) is 0 Å². The molecule has 0 spiro atoms. The van der Waals surface area contributed by atoms with E-state index in [9.17, 15) is 14.4 Å². The SMILES string of the molecule is O=C1NC(=O)N(C2CCCCC2)C(=O)/C1=C/c1ccccc1Cl. The summed E-state index contributed by atoms with van der Waals surface area (Å²) in [5.41, 5.74) is 0.522. The van der Waals surface area contributed by atoms with Crippen molar-refractivity contribution >= 4 is 35.5 Å². The monoisotopic (exact) mass is 332 g/mol. The van der Waals surface area contributed by atoms with E-state index >= 15 is 0 Å². The van der Waals surface area contributed by atoms with Gasteiger partial charge in [-0.25, -0.2) is 4.79 Å². The lowest BCUT2D eigenvalue weighted by atomic mass is 9.93. The molecule has 5 nitrogen and oxygen atoms in total. The zero-order chi connectivity index (χ0) is 16.4. The lowest BCUT2D eigenvalue weighted by Gasteiger charge is -2.35. The second-order valence-corrected chi connectivity index (χ2v) is 6.21. The van der Waals surface area contributed by atoms with Crippen LogP contribution in [0.1, 0.15) is 37.7 Å². The van der Waals surface area contributed by atoms with Crippen molar-refractivity contribution in [1.29, 1.82) is 0 Å². The molecular formula is C17H17ClN2O3. The highest BCUT2D eigenvalue weighted by atomic mass is 35.5.